The molecule has 0 spiro atoms. The van der Waals surface area contributed by atoms with Gasteiger partial charge in [-0.1, -0.05) is 32.0 Å². The molecule has 1 aromatic carbocycles. The molecule has 2 aromatic heterocycles. The fraction of sp³-hybridized carbons (Fsp3) is 0.391. The Morgan fingerprint density at radius 1 is 1.07 bits per heavy atom. The maximum Gasteiger partial charge on any atom is 0.255 e. The van der Waals surface area contributed by atoms with Gasteiger partial charge in [0.1, 0.15) is 5.65 Å². The summed E-state index contributed by atoms with van der Waals surface area (Å²) in [4.78, 5) is 23.3. The van der Waals surface area contributed by atoms with Crippen molar-refractivity contribution < 1.29 is 4.79 Å². The van der Waals surface area contributed by atoms with Crippen molar-refractivity contribution in [1.82, 2.24) is 19.2 Å². The number of pyridine rings is 1. The van der Waals surface area contributed by atoms with Crippen LogP contribution in [-0.4, -0.2) is 57.8 Å². The van der Waals surface area contributed by atoms with E-state index in [0.29, 0.717) is 5.92 Å². The Morgan fingerprint density at radius 2 is 1.83 bits per heavy atom. The van der Waals surface area contributed by atoms with Crippen LogP contribution in [0.5, 0.6) is 0 Å². The third-order valence-corrected chi connectivity index (χ3v) is 6.30. The summed E-state index contributed by atoms with van der Waals surface area (Å²) in [5, 5.41) is 0. The van der Waals surface area contributed by atoms with Crippen LogP contribution in [0.3, 0.4) is 0 Å². The Kier molecular flexibility index (Phi) is 6.21. The second-order valence-electron chi connectivity index (χ2n) is 7.97. The van der Waals surface area contributed by atoms with Crippen LogP contribution in [0.2, 0.25) is 0 Å². The molecule has 1 aliphatic rings. The highest BCUT2D eigenvalue weighted by molar-refractivity contribution is 7.98. The van der Waals surface area contributed by atoms with Crippen LogP contribution >= 0.6 is 11.8 Å². The monoisotopic (exact) mass is 408 g/mol. The zero-order valence-corrected chi connectivity index (χ0v) is 17.9. The van der Waals surface area contributed by atoms with Crippen LogP contribution in [0, 0.1) is 5.92 Å². The first-order valence-electron chi connectivity index (χ1n) is 10.3. The zero-order chi connectivity index (χ0) is 20.2. The normalized spacial score (nSPS) is 15.3. The third kappa shape index (κ3) is 4.82. The molecule has 3 heterocycles. The highest BCUT2D eigenvalue weighted by Gasteiger charge is 2.24. The number of amides is 1. The molecule has 0 N–H and O–H groups in total. The van der Waals surface area contributed by atoms with Gasteiger partial charge in [-0.15, -0.1) is 11.8 Å². The van der Waals surface area contributed by atoms with Crippen LogP contribution < -0.4 is 0 Å². The highest BCUT2D eigenvalue weighted by Crippen LogP contribution is 2.27. The van der Waals surface area contributed by atoms with Crippen molar-refractivity contribution in [3.8, 4) is 0 Å². The molecule has 0 unspecified atom stereocenters. The Balaban J connectivity index is 1.42. The summed E-state index contributed by atoms with van der Waals surface area (Å²) in [5.41, 5.74) is 2.77. The van der Waals surface area contributed by atoms with Crippen LogP contribution in [-0.2, 0) is 5.75 Å². The fourth-order valence-corrected chi connectivity index (χ4v) is 4.73. The van der Waals surface area contributed by atoms with Gasteiger partial charge in [0, 0.05) is 55.8 Å². The van der Waals surface area contributed by atoms with E-state index in [2.05, 4.69) is 29.9 Å². The third-order valence-electron chi connectivity index (χ3n) is 5.19. The number of hydrogen-bond donors (Lipinski definition) is 0. The number of nitrogens with zero attached hydrogens (tertiary/aromatic N) is 4. The average molecular weight is 409 g/mol. The van der Waals surface area contributed by atoms with Gasteiger partial charge in [-0.25, -0.2) is 4.98 Å². The molecule has 0 aliphatic carbocycles. The standard InChI is InChI=1S/C23H28N4OS/c1-18(2)15-25-11-13-26(14-12-25)23(28)20-7-3-4-8-21(20)29-17-19-16-27-10-6-5-9-22(27)24-19/h3-10,16,18H,11-15,17H2,1-2H3. The smallest absolute Gasteiger partial charge is 0.255 e. The van der Waals surface area contributed by atoms with Gasteiger partial charge in [0.25, 0.3) is 5.91 Å². The van der Waals surface area contributed by atoms with E-state index in [1.54, 1.807) is 11.8 Å². The maximum absolute atomic E-state index is 13.2. The van der Waals surface area contributed by atoms with E-state index < -0.39 is 0 Å². The Bertz CT molecular complexity index is 943. The average Bonchev–Trinajstić information content (AvgIpc) is 3.15. The van der Waals surface area contributed by atoms with Gasteiger partial charge < -0.3 is 9.30 Å². The largest absolute Gasteiger partial charge is 0.336 e. The quantitative estimate of drug-likeness (QED) is 0.577. The minimum atomic E-state index is 0.146. The second-order valence-corrected chi connectivity index (χ2v) is 8.99. The molecule has 4 rings (SSSR count). The van der Waals surface area contributed by atoms with Crippen molar-refractivity contribution >= 4 is 23.3 Å². The van der Waals surface area contributed by atoms with Gasteiger partial charge in [0.05, 0.1) is 11.3 Å². The number of fused-ring (bicyclic) bond motifs is 1. The summed E-state index contributed by atoms with van der Waals surface area (Å²) in [6, 6.07) is 14.0. The predicted octanol–water partition coefficient (Wildman–Crippen LogP) is 4.04. The maximum atomic E-state index is 13.2. The summed E-state index contributed by atoms with van der Waals surface area (Å²) < 4.78 is 2.03. The summed E-state index contributed by atoms with van der Waals surface area (Å²) in [5.74, 6) is 1.55. The molecule has 1 amide bonds. The number of thioether (sulfide) groups is 1. The number of piperazine rings is 1. The first-order chi connectivity index (χ1) is 14.1. The van der Waals surface area contributed by atoms with Gasteiger partial charge in [0.15, 0.2) is 0 Å². The molecular formula is C23H28N4OS. The van der Waals surface area contributed by atoms with E-state index in [1.807, 2.05) is 58.0 Å². The van der Waals surface area contributed by atoms with Crippen molar-refractivity contribution in [2.45, 2.75) is 24.5 Å². The summed E-state index contributed by atoms with van der Waals surface area (Å²) in [6.07, 6.45) is 4.06. The van der Waals surface area contributed by atoms with E-state index in [1.165, 1.54) is 0 Å². The number of imidazole rings is 1. The van der Waals surface area contributed by atoms with Crippen molar-refractivity contribution in [1.29, 1.82) is 0 Å². The minimum absolute atomic E-state index is 0.146. The molecule has 3 aromatic rings. The number of carbonyl (C=O) groups excluding carboxylic acids is 1. The molecule has 1 saturated heterocycles. The van der Waals surface area contributed by atoms with Gasteiger partial charge in [-0.2, -0.15) is 0 Å². The molecule has 29 heavy (non-hydrogen) atoms. The Labute approximate surface area is 176 Å². The van der Waals surface area contributed by atoms with Gasteiger partial charge in [-0.05, 0) is 30.2 Å². The first-order valence-corrected chi connectivity index (χ1v) is 11.2. The van der Waals surface area contributed by atoms with Crippen molar-refractivity contribution in [3.05, 3.63) is 66.1 Å². The molecular weight excluding hydrogens is 380 g/mol. The lowest BCUT2D eigenvalue weighted by Crippen LogP contribution is -2.49. The molecule has 0 radical (unpaired) electrons. The zero-order valence-electron chi connectivity index (χ0n) is 17.1. The number of rotatable bonds is 6. The molecule has 5 nitrogen and oxygen atoms in total. The number of carbonyl (C=O) groups is 1. The van der Waals surface area contributed by atoms with Gasteiger partial charge in [0.2, 0.25) is 0 Å². The minimum Gasteiger partial charge on any atom is -0.336 e. The summed E-state index contributed by atoms with van der Waals surface area (Å²) in [7, 11) is 0. The SMILES string of the molecule is CC(C)CN1CCN(C(=O)c2ccccc2SCc2cn3ccccc3n2)CC1. The first kappa shape index (κ1) is 20.0. The molecule has 152 valence electrons. The molecule has 0 atom stereocenters. The van der Waals surface area contributed by atoms with E-state index >= 15 is 0 Å². The van der Waals surface area contributed by atoms with Crippen LogP contribution in [0.1, 0.15) is 29.9 Å². The van der Waals surface area contributed by atoms with E-state index in [9.17, 15) is 4.79 Å². The lowest BCUT2D eigenvalue weighted by atomic mass is 10.1. The summed E-state index contributed by atoms with van der Waals surface area (Å²) in [6.45, 7) is 9.12. The van der Waals surface area contributed by atoms with Gasteiger partial charge >= 0.3 is 0 Å². The number of aromatic nitrogens is 2. The summed E-state index contributed by atoms with van der Waals surface area (Å²) >= 11 is 1.68. The van der Waals surface area contributed by atoms with Crippen LogP contribution in [0.4, 0.5) is 0 Å². The lowest BCUT2D eigenvalue weighted by molar-refractivity contribution is 0.0620. The predicted molar refractivity (Wildman–Crippen MR) is 118 cm³/mol. The molecule has 0 bridgehead atoms. The molecule has 0 saturated carbocycles. The van der Waals surface area contributed by atoms with Crippen molar-refractivity contribution in [2.24, 2.45) is 5.92 Å². The van der Waals surface area contributed by atoms with Crippen LogP contribution in [0.25, 0.3) is 5.65 Å². The topological polar surface area (TPSA) is 40.9 Å². The molecule has 1 fully saturated rings. The Morgan fingerprint density at radius 3 is 2.59 bits per heavy atom. The second kappa shape index (κ2) is 9.01. The van der Waals surface area contributed by atoms with Crippen LogP contribution in [0.15, 0.2) is 59.8 Å². The van der Waals surface area contributed by atoms with Crippen molar-refractivity contribution in [2.75, 3.05) is 32.7 Å². The van der Waals surface area contributed by atoms with Gasteiger partial charge in [-0.3, -0.25) is 9.69 Å². The van der Waals surface area contributed by atoms with E-state index in [-0.39, 0.29) is 5.91 Å². The Hall–Kier alpha value is -2.31. The van der Waals surface area contributed by atoms with E-state index in [0.717, 1.165) is 60.3 Å². The number of benzene rings is 1. The van der Waals surface area contributed by atoms with E-state index in [4.69, 9.17) is 0 Å². The molecule has 6 heteroatoms. The highest BCUT2D eigenvalue weighted by atomic mass is 32.2. The molecule has 1 aliphatic heterocycles. The lowest BCUT2D eigenvalue weighted by Gasteiger charge is -2.35. The number of hydrogen-bond acceptors (Lipinski definition) is 4. The fourth-order valence-electron chi connectivity index (χ4n) is 3.80. The van der Waals surface area contributed by atoms with Crippen molar-refractivity contribution in [3.63, 3.8) is 0 Å².